The van der Waals surface area contributed by atoms with Gasteiger partial charge in [0.05, 0.1) is 4.92 Å². The first kappa shape index (κ1) is 14.3. The fourth-order valence-electron chi connectivity index (χ4n) is 2.10. The number of amides is 1. The zero-order chi connectivity index (χ0) is 14.9. The van der Waals surface area contributed by atoms with Crippen LogP contribution in [-0.2, 0) is 9.59 Å². The van der Waals surface area contributed by atoms with Crippen molar-refractivity contribution in [3.05, 3.63) is 39.9 Å². The van der Waals surface area contributed by atoms with Crippen LogP contribution in [0, 0.1) is 10.1 Å². The molecule has 0 aromatic heterocycles. The molecule has 0 aliphatic carbocycles. The first-order valence-electron chi connectivity index (χ1n) is 5.79. The highest BCUT2D eigenvalue weighted by molar-refractivity contribution is 7.99. The van der Waals surface area contributed by atoms with E-state index in [0.717, 1.165) is 0 Å². The van der Waals surface area contributed by atoms with Gasteiger partial charge in [-0.1, -0.05) is 0 Å². The summed E-state index contributed by atoms with van der Waals surface area (Å²) in [5, 5.41) is 19.3. The zero-order valence-corrected chi connectivity index (χ0v) is 11.4. The molecule has 1 aromatic rings. The summed E-state index contributed by atoms with van der Waals surface area (Å²) in [6, 6.07) is 4.94. The number of nitro benzene ring substituents is 1. The Balaban J connectivity index is 2.29. The first-order valence-corrected chi connectivity index (χ1v) is 6.84. The molecule has 20 heavy (non-hydrogen) atoms. The minimum atomic E-state index is -1.04. The lowest BCUT2D eigenvalue weighted by atomic mass is 10.1. The molecule has 8 heteroatoms. The summed E-state index contributed by atoms with van der Waals surface area (Å²) in [6.45, 7) is 1.32. The van der Waals surface area contributed by atoms with Crippen LogP contribution >= 0.6 is 11.8 Å². The van der Waals surface area contributed by atoms with E-state index in [1.165, 1.54) is 35.7 Å². The summed E-state index contributed by atoms with van der Waals surface area (Å²) in [5.41, 5.74) is 0.639. The van der Waals surface area contributed by atoms with E-state index in [-0.39, 0.29) is 11.6 Å². The van der Waals surface area contributed by atoms with Crippen molar-refractivity contribution in [3.8, 4) is 0 Å². The minimum Gasteiger partial charge on any atom is -0.480 e. The number of carbonyl (C=O) groups excluding carboxylic acids is 1. The normalized spacial score (nSPS) is 21.8. The van der Waals surface area contributed by atoms with Gasteiger partial charge in [0.2, 0.25) is 5.91 Å². The summed E-state index contributed by atoms with van der Waals surface area (Å²) in [7, 11) is 0. The Kier molecular flexibility index (Phi) is 3.93. The fourth-order valence-corrected chi connectivity index (χ4v) is 3.57. The lowest BCUT2D eigenvalue weighted by molar-refractivity contribution is -0.384. The Labute approximate surface area is 118 Å². The second-order valence-corrected chi connectivity index (χ2v) is 5.43. The lowest BCUT2D eigenvalue weighted by Gasteiger charge is -2.26. The number of rotatable bonds is 3. The molecule has 0 spiro atoms. The molecular weight excluding hydrogens is 284 g/mol. The van der Waals surface area contributed by atoms with E-state index < -0.39 is 22.3 Å². The highest BCUT2D eigenvalue weighted by Crippen LogP contribution is 2.41. The number of aliphatic carboxylic acids is 1. The standard InChI is InChI=1S/C12H12N2O5S/c1-7(15)13-10(12(16)17)6-20-11(13)8-2-4-9(5-3-8)14(18)19/h2-5,10-11H,6H2,1H3,(H,16,17)/t10-,11+/m1/s1. The lowest BCUT2D eigenvalue weighted by Crippen LogP contribution is -2.41. The Morgan fingerprint density at radius 3 is 2.45 bits per heavy atom. The maximum atomic E-state index is 11.7. The molecule has 1 aliphatic rings. The minimum absolute atomic E-state index is 0.0408. The van der Waals surface area contributed by atoms with Crippen LogP contribution in [0.4, 0.5) is 5.69 Å². The number of nitrogens with zero attached hydrogens (tertiary/aromatic N) is 2. The zero-order valence-electron chi connectivity index (χ0n) is 10.6. The average Bonchev–Trinajstić information content (AvgIpc) is 2.83. The molecule has 1 heterocycles. The Morgan fingerprint density at radius 1 is 1.40 bits per heavy atom. The largest absolute Gasteiger partial charge is 0.480 e. The molecule has 0 unspecified atom stereocenters. The monoisotopic (exact) mass is 296 g/mol. The van der Waals surface area contributed by atoms with Gasteiger partial charge in [0.15, 0.2) is 0 Å². The van der Waals surface area contributed by atoms with Gasteiger partial charge < -0.3 is 10.0 Å². The van der Waals surface area contributed by atoms with Gasteiger partial charge in [0.25, 0.3) is 5.69 Å². The molecule has 2 atom stereocenters. The summed E-state index contributed by atoms with van der Waals surface area (Å²) < 4.78 is 0. The van der Waals surface area contributed by atoms with Crippen molar-refractivity contribution in [3.63, 3.8) is 0 Å². The van der Waals surface area contributed by atoms with E-state index in [2.05, 4.69) is 0 Å². The van der Waals surface area contributed by atoms with Crippen LogP contribution in [0.25, 0.3) is 0 Å². The van der Waals surface area contributed by atoms with Gasteiger partial charge in [0, 0.05) is 24.8 Å². The van der Waals surface area contributed by atoms with E-state index in [1.54, 1.807) is 12.1 Å². The molecule has 1 saturated heterocycles. The van der Waals surface area contributed by atoms with Crippen molar-refractivity contribution >= 4 is 29.3 Å². The molecule has 1 amide bonds. The van der Waals surface area contributed by atoms with Gasteiger partial charge in [0.1, 0.15) is 11.4 Å². The first-order chi connectivity index (χ1) is 9.41. The van der Waals surface area contributed by atoms with Gasteiger partial charge in [-0.3, -0.25) is 14.9 Å². The van der Waals surface area contributed by atoms with Crippen molar-refractivity contribution in [2.75, 3.05) is 5.75 Å². The summed E-state index contributed by atoms with van der Waals surface area (Å²) in [4.78, 5) is 34.2. The quantitative estimate of drug-likeness (QED) is 0.672. The van der Waals surface area contributed by atoms with Crippen molar-refractivity contribution in [1.82, 2.24) is 4.90 Å². The summed E-state index contributed by atoms with van der Waals surface area (Å²) in [6.07, 6.45) is 0. The maximum Gasteiger partial charge on any atom is 0.327 e. The second-order valence-electron chi connectivity index (χ2n) is 4.31. The third-order valence-corrected chi connectivity index (χ3v) is 4.36. The predicted molar refractivity (Wildman–Crippen MR) is 72.2 cm³/mol. The molecule has 0 radical (unpaired) electrons. The second kappa shape index (κ2) is 5.49. The molecule has 2 rings (SSSR count). The fraction of sp³-hybridized carbons (Fsp3) is 0.333. The Bertz CT molecular complexity index is 559. The third kappa shape index (κ3) is 2.60. The summed E-state index contributed by atoms with van der Waals surface area (Å²) in [5.74, 6) is -1.07. The van der Waals surface area contributed by atoms with E-state index in [4.69, 9.17) is 5.11 Å². The van der Waals surface area contributed by atoms with Crippen LogP contribution in [0.5, 0.6) is 0 Å². The number of hydrogen-bond donors (Lipinski definition) is 1. The molecule has 1 N–H and O–H groups in total. The third-order valence-electron chi connectivity index (χ3n) is 3.04. The number of benzene rings is 1. The van der Waals surface area contributed by atoms with E-state index in [1.807, 2.05) is 0 Å². The van der Waals surface area contributed by atoms with Crippen LogP contribution in [0.15, 0.2) is 24.3 Å². The van der Waals surface area contributed by atoms with Crippen molar-refractivity contribution in [2.24, 2.45) is 0 Å². The molecule has 1 aliphatic heterocycles. The molecule has 0 bridgehead atoms. The number of carboxylic acids is 1. The molecule has 7 nitrogen and oxygen atoms in total. The number of nitro groups is 1. The highest BCUT2D eigenvalue weighted by Gasteiger charge is 2.40. The van der Waals surface area contributed by atoms with Gasteiger partial charge in [-0.25, -0.2) is 4.79 Å². The molecule has 1 aromatic carbocycles. The van der Waals surface area contributed by atoms with Crippen LogP contribution in [-0.4, -0.2) is 38.6 Å². The van der Waals surface area contributed by atoms with Gasteiger partial charge >= 0.3 is 5.97 Å². The maximum absolute atomic E-state index is 11.7. The smallest absolute Gasteiger partial charge is 0.327 e. The number of non-ortho nitro benzene ring substituents is 1. The van der Waals surface area contributed by atoms with E-state index >= 15 is 0 Å². The van der Waals surface area contributed by atoms with Crippen LogP contribution in [0.2, 0.25) is 0 Å². The van der Waals surface area contributed by atoms with Crippen molar-refractivity contribution in [1.29, 1.82) is 0 Å². The van der Waals surface area contributed by atoms with Crippen LogP contribution in [0.1, 0.15) is 17.9 Å². The number of hydrogen-bond acceptors (Lipinski definition) is 5. The van der Waals surface area contributed by atoms with Gasteiger partial charge in [-0.2, -0.15) is 0 Å². The van der Waals surface area contributed by atoms with Gasteiger partial charge in [-0.15, -0.1) is 11.8 Å². The topological polar surface area (TPSA) is 101 Å². The van der Waals surface area contributed by atoms with Crippen molar-refractivity contribution in [2.45, 2.75) is 18.3 Å². The van der Waals surface area contributed by atoms with Crippen LogP contribution in [0.3, 0.4) is 0 Å². The SMILES string of the molecule is CC(=O)N1[C@@H](C(=O)O)CS[C@H]1c1ccc([N+](=O)[O-])cc1. The van der Waals surface area contributed by atoms with Crippen LogP contribution < -0.4 is 0 Å². The van der Waals surface area contributed by atoms with Gasteiger partial charge in [-0.05, 0) is 17.7 Å². The Hall–Kier alpha value is -2.09. The molecule has 106 valence electrons. The van der Waals surface area contributed by atoms with E-state index in [0.29, 0.717) is 11.3 Å². The highest BCUT2D eigenvalue weighted by atomic mass is 32.2. The predicted octanol–water partition coefficient (Wildman–Crippen LogP) is 1.64. The molecule has 1 fully saturated rings. The number of carboxylic acid groups (broad SMARTS) is 1. The molecular formula is C12H12N2O5S. The average molecular weight is 296 g/mol. The number of carbonyl (C=O) groups is 2. The number of thioether (sulfide) groups is 1. The Morgan fingerprint density at radius 2 is 2.00 bits per heavy atom. The summed E-state index contributed by atoms with van der Waals surface area (Å²) >= 11 is 1.34. The van der Waals surface area contributed by atoms with Crippen molar-refractivity contribution < 1.29 is 19.6 Å². The molecule has 0 saturated carbocycles. The van der Waals surface area contributed by atoms with E-state index in [9.17, 15) is 19.7 Å².